The van der Waals surface area contributed by atoms with Crippen LogP contribution >= 0.6 is 0 Å². The zero-order chi connectivity index (χ0) is 39.4. The van der Waals surface area contributed by atoms with Gasteiger partial charge in [0.25, 0.3) is 0 Å². The minimum Gasteiger partial charge on any atom is -0.491 e. The number of ether oxygens (including phenoxy) is 4. The van der Waals surface area contributed by atoms with Crippen molar-refractivity contribution in [1.82, 2.24) is 0 Å². The van der Waals surface area contributed by atoms with E-state index in [1.807, 2.05) is 24.3 Å². The van der Waals surface area contributed by atoms with E-state index >= 15 is 0 Å². The molecule has 0 saturated carbocycles. The van der Waals surface area contributed by atoms with Crippen LogP contribution in [0.5, 0.6) is 23.0 Å². The first kappa shape index (κ1) is 40.0. The van der Waals surface area contributed by atoms with Crippen molar-refractivity contribution in [3.8, 4) is 34.1 Å². The molecule has 1 aliphatic carbocycles. The van der Waals surface area contributed by atoms with Crippen LogP contribution in [-0.2, 0) is 15.3 Å². The highest BCUT2D eigenvalue weighted by Gasteiger charge is 2.45. The molecule has 0 unspecified atom stereocenters. The Balaban J connectivity index is 0.000000204. The Kier molecular flexibility index (Phi) is 13.4. The molecule has 0 fully saturated rings. The molecule has 0 atom stereocenters. The molecular weight excluding hydrogens is 733 g/mol. The van der Waals surface area contributed by atoms with Crippen LogP contribution in [0.15, 0.2) is 155 Å². The normalized spacial score (nSPS) is 12.4. The lowest BCUT2D eigenvalue weighted by molar-refractivity contribution is 0.201. The van der Waals surface area contributed by atoms with Crippen molar-refractivity contribution in [3.63, 3.8) is 0 Å². The van der Waals surface area contributed by atoms with E-state index in [4.69, 9.17) is 39.4 Å². The predicted octanol–water partition coefficient (Wildman–Crippen LogP) is 6.05. The third-order valence-electron chi connectivity index (χ3n) is 9.24. The number of hydrogen-bond acceptors (Lipinski definition) is 10. The van der Waals surface area contributed by atoms with Crippen LogP contribution < -0.4 is 18.9 Å². The van der Waals surface area contributed by atoms with Gasteiger partial charge in [-0.25, -0.2) is 8.42 Å². The molecule has 0 heterocycles. The summed E-state index contributed by atoms with van der Waals surface area (Å²) in [5.41, 5.74) is 6.72. The Morgan fingerprint density at radius 2 is 0.679 bits per heavy atom. The molecule has 0 radical (unpaired) electrons. The van der Waals surface area contributed by atoms with Gasteiger partial charge < -0.3 is 39.4 Å². The first-order valence-corrected chi connectivity index (χ1v) is 19.7. The SMILES string of the molecule is O=S(=O)(c1ccc(OCCO)cc1)c1ccc(OCCO)cc1.OCCOc1ccc(C2(c3ccc(OCCO)cc3)c3ccccc3-c3ccccc32)cc1. The Bertz CT molecular complexity index is 2100. The molecule has 290 valence electrons. The highest BCUT2D eigenvalue weighted by Crippen LogP contribution is 2.56. The fourth-order valence-corrected chi connectivity index (χ4v) is 8.11. The number of sulfone groups is 1. The Labute approximate surface area is 326 Å². The number of rotatable bonds is 16. The van der Waals surface area contributed by atoms with Crippen LogP contribution in [-0.4, -0.2) is 81.7 Å². The van der Waals surface area contributed by atoms with Gasteiger partial charge in [0.1, 0.15) is 49.4 Å². The monoisotopic (exact) mass is 776 g/mol. The first-order chi connectivity index (χ1) is 27.4. The first-order valence-electron chi connectivity index (χ1n) is 18.2. The molecule has 0 spiro atoms. The van der Waals surface area contributed by atoms with Crippen LogP contribution in [0.3, 0.4) is 0 Å². The third-order valence-corrected chi connectivity index (χ3v) is 11.0. The van der Waals surface area contributed by atoms with Crippen molar-refractivity contribution < 1.29 is 47.8 Å². The molecule has 0 aromatic heterocycles. The molecule has 0 aliphatic heterocycles. The highest BCUT2D eigenvalue weighted by molar-refractivity contribution is 7.91. The molecule has 6 aromatic carbocycles. The van der Waals surface area contributed by atoms with Crippen LogP contribution in [0.4, 0.5) is 0 Å². The van der Waals surface area contributed by atoms with Gasteiger partial charge in [-0.05, 0) is 106 Å². The number of aliphatic hydroxyl groups is 4. The van der Waals surface area contributed by atoms with Crippen molar-refractivity contribution in [1.29, 1.82) is 0 Å². The van der Waals surface area contributed by atoms with Gasteiger partial charge in [0.2, 0.25) is 9.84 Å². The molecule has 7 rings (SSSR count). The number of aliphatic hydroxyl groups excluding tert-OH is 4. The van der Waals surface area contributed by atoms with E-state index in [9.17, 15) is 8.42 Å². The van der Waals surface area contributed by atoms with Crippen molar-refractivity contribution in [2.45, 2.75) is 15.2 Å². The van der Waals surface area contributed by atoms with Crippen LogP contribution in [0, 0.1) is 0 Å². The summed E-state index contributed by atoms with van der Waals surface area (Å²) >= 11 is 0. The molecule has 4 N–H and O–H groups in total. The smallest absolute Gasteiger partial charge is 0.206 e. The standard InChI is InChI=1S/C29H26O4.C16H18O6S/c30-17-19-32-23-13-9-21(10-14-23)29(22-11-15-24(16-12-22)33-20-18-31)27-7-3-1-5-25(27)26-6-2-4-8-28(26)29;17-9-11-21-13-1-5-15(6-2-13)23(19,20)16-7-3-14(4-8-16)22-12-10-18/h1-16,30-31H,17-20H2;1-8,17-18H,9-12H2. The minimum atomic E-state index is -3.62. The second-order valence-electron chi connectivity index (χ2n) is 12.6. The van der Waals surface area contributed by atoms with Crippen molar-refractivity contribution >= 4 is 9.84 Å². The summed E-state index contributed by atoms with van der Waals surface area (Å²) in [6.45, 7) is 0.601. The maximum atomic E-state index is 12.5. The average Bonchev–Trinajstić information content (AvgIpc) is 3.55. The van der Waals surface area contributed by atoms with E-state index in [1.54, 1.807) is 24.3 Å². The second-order valence-corrected chi connectivity index (χ2v) is 14.6. The Morgan fingerprint density at radius 3 is 0.982 bits per heavy atom. The summed E-state index contributed by atoms with van der Waals surface area (Å²) in [5, 5.41) is 35.6. The van der Waals surface area contributed by atoms with Crippen LogP contribution in [0.2, 0.25) is 0 Å². The Hall–Kier alpha value is -5.69. The molecule has 56 heavy (non-hydrogen) atoms. The van der Waals surface area contributed by atoms with E-state index in [0.29, 0.717) is 11.5 Å². The zero-order valence-corrected chi connectivity index (χ0v) is 31.5. The average molecular weight is 777 g/mol. The number of benzene rings is 6. The van der Waals surface area contributed by atoms with Gasteiger partial charge in [-0.3, -0.25) is 0 Å². The molecule has 11 heteroatoms. The minimum absolute atomic E-state index is 0.0167. The summed E-state index contributed by atoms with van der Waals surface area (Å²) in [6.07, 6.45) is 0. The maximum Gasteiger partial charge on any atom is 0.206 e. The second kappa shape index (κ2) is 18.8. The molecule has 0 amide bonds. The summed E-state index contributed by atoms with van der Waals surface area (Å²) in [4.78, 5) is 0.302. The largest absolute Gasteiger partial charge is 0.491 e. The third kappa shape index (κ3) is 8.57. The van der Waals surface area contributed by atoms with Gasteiger partial charge in [0.15, 0.2) is 0 Å². The lowest BCUT2D eigenvalue weighted by Gasteiger charge is -2.34. The molecule has 0 bridgehead atoms. The maximum absolute atomic E-state index is 12.5. The van der Waals surface area contributed by atoms with Crippen LogP contribution in [0.1, 0.15) is 22.3 Å². The summed E-state index contributed by atoms with van der Waals surface area (Å²) in [6, 6.07) is 45.5. The van der Waals surface area contributed by atoms with E-state index < -0.39 is 15.3 Å². The topological polar surface area (TPSA) is 152 Å². The van der Waals surface area contributed by atoms with Gasteiger partial charge in [-0.1, -0.05) is 72.8 Å². The zero-order valence-electron chi connectivity index (χ0n) is 30.7. The van der Waals surface area contributed by atoms with E-state index in [-0.39, 0.29) is 62.6 Å². The van der Waals surface area contributed by atoms with Crippen LogP contribution in [0.25, 0.3) is 11.1 Å². The van der Waals surface area contributed by atoms with Gasteiger partial charge in [-0.2, -0.15) is 0 Å². The predicted molar refractivity (Wildman–Crippen MR) is 212 cm³/mol. The van der Waals surface area contributed by atoms with Gasteiger partial charge >= 0.3 is 0 Å². The fourth-order valence-electron chi connectivity index (χ4n) is 6.85. The lowest BCUT2D eigenvalue weighted by Crippen LogP contribution is -2.28. The van der Waals surface area contributed by atoms with Gasteiger partial charge in [-0.15, -0.1) is 0 Å². The lowest BCUT2D eigenvalue weighted by atomic mass is 9.68. The quantitative estimate of drug-likeness (QED) is 0.0913. The number of fused-ring (bicyclic) bond motifs is 3. The number of hydrogen-bond donors (Lipinski definition) is 4. The summed E-state index contributed by atoms with van der Waals surface area (Å²) in [7, 11) is -3.62. The van der Waals surface area contributed by atoms with Crippen molar-refractivity contribution in [3.05, 3.63) is 168 Å². The molecule has 0 saturated heterocycles. The van der Waals surface area contributed by atoms with Crippen molar-refractivity contribution in [2.24, 2.45) is 0 Å². The van der Waals surface area contributed by atoms with Gasteiger partial charge in [0.05, 0.1) is 41.6 Å². The summed E-state index contributed by atoms with van der Waals surface area (Å²) < 4.78 is 46.7. The van der Waals surface area contributed by atoms with E-state index in [2.05, 4.69) is 72.8 Å². The molecule has 10 nitrogen and oxygen atoms in total. The highest BCUT2D eigenvalue weighted by atomic mass is 32.2. The summed E-state index contributed by atoms with van der Waals surface area (Å²) in [5.74, 6) is 2.45. The molecule has 6 aromatic rings. The Morgan fingerprint density at radius 1 is 0.393 bits per heavy atom. The van der Waals surface area contributed by atoms with E-state index in [0.717, 1.165) is 22.6 Å². The molecular formula is C45H44O10S. The van der Waals surface area contributed by atoms with Gasteiger partial charge in [0, 0.05) is 0 Å². The van der Waals surface area contributed by atoms with Crippen molar-refractivity contribution in [2.75, 3.05) is 52.9 Å². The fraction of sp³-hybridized carbons (Fsp3) is 0.200. The van der Waals surface area contributed by atoms with E-state index in [1.165, 1.54) is 46.5 Å². The molecule has 1 aliphatic rings.